The van der Waals surface area contributed by atoms with E-state index in [1.165, 1.54) is 0 Å². The monoisotopic (exact) mass is 205 g/mol. The van der Waals surface area contributed by atoms with Crippen LogP contribution in [0, 0.1) is 13.8 Å². The second kappa shape index (κ2) is 3.78. The fourth-order valence-electron chi connectivity index (χ4n) is 1.34. The van der Waals surface area contributed by atoms with Gasteiger partial charge in [0, 0.05) is 5.69 Å². The maximum absolute atomic E-state index is 8.81. The molecule has 15 heavy (non-hydrogen) atoms. The van der Waals surface area contributed by atoms with Crippen molar-refractivity contribution in [3.05, 3.63) is 29.3 Å². The van der Waals surface area contributed by atoms with Crippen LogP contribution in [-0.2, 0) is 6.61 Å². The first-order chi connectivity index (χ1) is 7.20. The van der Waals surface area contributed by atoms with Gasteiger partial charge in [-0.15, -0.1) is 0 Å². The molecule has 5 heteroatoms. The van der Waals surface area contributed by atoms with E-state index in [2.05, 4.69) is 15.1 Å². The number of hydrogen-bond donors (Lipinski definition) is 1. The highest BCUT2D eigenvalue weighted by Crippen LogP contribution is 2.20. The molecule has 0 fully saturated rings. The smallest absolute Gasteiger partial charge is 0.259 e. The van der Waals surface area contributed by atoms with Crippen molar-refractivity contribution in [1.82, 2.24) is 15.1 Å². The number of rotatable bonds is 2. The van der Waals surface area contributed by atoms with E-state index >= 15 is 0 Å². The van der Waals surface area contributed by atoms with Crippen LogP contribution in [0.25, 0.3) is 11.5 Å². The molecule has 1 N–H and O–H groups in total. The second-order valence-electron chi connectivity index (χ2n) is 3.26. The average Bonchev–Trinajstić information content (AvgIpc) is 2.66. The van der Waals surface area contributed by atoms with Crippen molar-refractivity contribution in [3.63, 3.8) is 0 Å². The number of pyridine rings is 1. The van der Waals surface area contributed by atoms with Gasteiger partial charge >= 0.3 is 0 Å². The van der Waals surface area contributed by atoms with Crippen LogP contribution in [0.5, 0.6) is 0 Å². The van der Waals surface area contributed by atoms with Gasteiger partial charge in [0.05, 0.1) is 11.3 Å². The zero-order valence-corrected chi connectivity index (χ0v) is 8.56. The Morgan fingerprint density at radius 2 is 2.07 bits per heavy atom. The van der Waals surface area contributed by atoms with Crippen LogP contribution in [0.2, 0.25) is 0 Å². The molecule has 0 saturated heterocycles. The van der Waals surface area contributed by atoms with E-state index < -0.39 is 0 Å². The van der Waals surface area contributed by atoms with Gasteiger partial charge in [-0.05, 0) is 26.0 Å². The predicted molar refractivity (Wildman–Crippen MR) is 52.9 cm³/mol. The third kappa shape index (κ3) is 1.87. The minimum Gasteiger partial charge on any atom is -0.388 e. The third-order valence-corrected chi connectivity index (χ3v) is 2.06. The number of nitrogens with zero attached hydrogens (tertiary/aromatic N) is 3. The molecule has 0 aliphatic carbocycles. The number of aliphatic hydroxyl groups excluding tert-OH is 1. The zero-order chi connectivity index (χ0) is 10.8. The minimum atomic E-state index is -0.220. The highest BCUT2D eigenvalue weighted by atomic mass is 16.5. The number of aryl methyl sites for hydroxylation is 2. The van der Waals surface area contributed by atoms with Crippen LogP contribution in [0.4, 0.5) is 0 Å². The zero-order valence-electron chi connectivity index (χ0n) is 8.56. The van der Waals surface area contributed by atoms with Crippen LogP contribution < -0.4 is 0 Å². The molecule has 0 amide bonds. The number of aromatic nitrogens is 3. The van der Waals surface area contributed by atoms with E-state index in [1.807, 2.05) is 26.0 Å². The van der Waals surface area contributed by atoms with Gasteiger partial charge in [-0.1, -0.05) is 5.16 Å². The summed E-state index contributed by atoms with van der Waals surface area (Å²) in [4.78, 5) is 8.32. The van der Waals surface area contributed by atoms with Gasteiger partial charge in [0.2, 0.25) is 0 Å². The molecule has 0 unspecified atom stereocenters. The number of hydrogen-bond acceptors (Lipinski definition) is 5. The van der Waals surface area contributed by atoms with Crippen molar-refractivity contribution >= 4 is 0 Å². The van der Waals surface area contributed by atoms with E-state index in [-0.39, 0.29) is 12.4 Å². The van der Waals surface area contributed by atoms with Gasteiger partial charge in [-0.2, -0.15) is 4.98 Å². The molecular weight excluding hydrogens is 194 g/mol. The summed E-state index contributed by atoms with van der Waals surface area (Å²) in [6.07, 6.45) is 0. The van der Waals surface area contributed by atoms with Crippen molar-refractivity contribution < 1.29 is 9.63 Å². The Morgan fingerprint density at radius 3 is 2.67 bits per heavy atom. The topological polar surface area (TPSA) is 72.0 Å². The van der Waals surface area contributed by atoms with E-state index in [9.17, 15) is 0 Å². The summed E-state index contributed by atoms with van der Waals surface area (Å²) in [7, 11) is 0. The van der Waals surface area contributed by atoms with Crippen molar-refractivity contribution in [2.75, 3.05) is 0 Å². The third-order valence-electron chi connectivity index (χ3n) is 2.06. The van der Waals surface area contributed by atoms with Gasteiger partial charge < -0.3 is 9.63 Å². The van der Waals surface area contributed by atoms with E-state index in [0.29, 0.717) is 5.89 Å². The first-order valence-electron chi connectivity index (χ1n) is 4.59. The fraction of sp³-hybridized carbons (Fsp3) is 0.300. The molecule has 2 heterocycles. The van der Waals surface area contributed by atoms with Gasteiger partial charge in [-0.25, -0.2) is 0 Å². The fourth-order valence-corrected chi connectivity index (χ4v) is 1.34. The highest BCUT2D eigenvalue weighted by Gasteiger charge is 2.11. The summed E-state index contributed by atoms with van der Waals surface area (Å²) in [5.74, 6) is 0.675. The Bertz CT molecular complexity index is 479. The summed E-state index contributed by atoms with van der Waals surface area (Å²) >= 11 is 0. The molecule has 0 aliphatic rings. The molecule has 78 valence electrons. The summed E-state index contributed by atoms with van der Waals surface area (Å²) < 4.78 is 5.00. The lowest BCUT2D eigenvalue weighted by Crippen LogP contribution is -1.91. The first-order valence-corrected chi connectivity index (χ1v) is 4.59. The predicted octanol–water partition coefficient (Wildman–Crippen LogP) is 1.24. The molecule has 0 bridgehead atoms. The van der Waals surface area contributed by atoms with E-state index in [1.54, 1.807) is 0 Å². The molecule has 0 aliphatic heterocycles. The summed E-state index contributed by atoms with van der Waals surface area (Å²) in [5, 5.41) is 12.4. The molecule has 0 spiro atoms. The van der Waals surface area contributed by atoms with Gasteiger partial charge in [0.25, 0.3) is 5.89 Å². The van der Waals surface area contributed by atoms with Crippen molar-refractivity contribution in [2.24, 2.45) is 0 Å². The van der Waals surface area contributed by atoms with Crippen molar-refractivity contribution in [3.8, 4) is 11.5 Å². The molecule has 0 atom stereocenters. The minimum absolute atomic E-state index is 0.220. The Hall–Kier alpha value is -1.75. The van der Waals surface area contributed by atoms with Crippen LogP contribution in [-0.4, -0.2) is 20.2 Å². The van der Waals surface area contributed by atoms with Gasteiger partial charge in [0.1, 0.15) is 6.61 Å². The molecule has 2 aromatic heterocycles. The van der Waals surface area contributed by atoms with Crippen LogP contribution in [0.3, 0.4) is 0 Å². The van der Waals surface area contributed by atoms with E-state index in [0.717, 1.165) is 17.0 Å². The molecule has 5 nitrogen and oxygen atoms in total. The summed E-state index contributed by atoms with van der Waals surface area (Å²) in [6, 6.07) is 3.76. The molecular formula is C10H11N3O2. The van der Waals surface area contributed by atoms with Crippen LogP contribution >= 0.6 is 0 Å². The van der Waals surface area contributed by atoms with Crippen molar-refractivity contribution in [1.29, 1.82) is 0 Å². The SMILES string of the molecule is Cc1ccc(-c2nc(CO)no2)c(C)n1. The lowest BCUT2D eigenvalue weighted by molar-refractivity contribution is 0.264. The largest absolute Gasteiger partial charge is 0.388 e. The molecule has 0 radical (unpaired) electrons. The Morgan fingerprint density at radius 1 is 1.27 bits per heavy atom. The van der Waals surface area contributed by atoms with Crippen molar-refractivity contribution in [2.45, 2.75) is 20.5 Å². The summed E-state index contributed by atoms with van der Waals surface area (Å²) in [5.41, 5.74) is 2.58. The molecule has 0 aromatic carbocycles. The lowest BCUT2D eigenvalue weighted by atomic mass is 10.2. The Labute approximate surface area is 86.8 Å². The Kier molecular flexibility index (Phi) is 2.47. The second-order valence-corrected chi connectivity index (χ2v) is 3.26. The standard InChI is InChI=1S/C10H11N3O2/c1-6-3-4-8(7(2)11-6)10-12-9(5-14)13-15-10/h3-4,14H,5H2,1-2H3. The maximum Gasteiger partial charge on any atom is 0.259 e. The van der Waals surface area contributed by atoms with Crippen LogP contribution in [0.15, 0.2) is 16.7 Å². The quantitative estimate of drug-likeness (QED) is 0.798. The summed E-state index contributed by atoms with van der Waals surface area (Å²) in [6.45, 7) is 3.58. The van der Waals surface area contributed by atoms with Gasteiger partial charge in [0.15, 0.2) is 5.82 Å². The maximum atomic E-state index is 8.81. The lowest BCUT2D eigenvalue weighted by Gasteiger charge is -2.00. The molecule has 2 aromatic rings. The Balaban J connectivity index is 2.44. The first kappa shape index (κ1) is 9.79. The molecule has 0 saturated carbocycles. The molecule has 2 rings (SSSR count). The van der Waals surface area contributed by atoms with Crippen LogP contribution in [0.1, 0.15) is 17.2 Å². The van der Waals surface area contributed by atoms with E-state index in [4.69, 9.17) is 9.63 Å². The average molecular weight is 205 g/mol. The number of aliphatic hydroxyl groups is 1. The van der Waals surface area contributed by atoms with Gasteiger partial charge in [-0.3, -0.25) is 4.98 Å². The highest BCUT2D eigenvalue weighted by molar-refractivity contribution is 5.55. The normalized spacial score (nSPS) is 10.6.